The second kappa shape index (κ2) is 5.00. The molecule has 0 bridgehead atoms. The minimum Gasteiger partial charge on any atom is -0.339 e. The van der Waals surface area contributed by atoms with Crippen molar-refractivity contribution >= 4 is 11.9 Å². The zero-order valence-electron chi connectivity index (χ0n) is 12.4. The summed E-state index contributed by atoms with van der Waals surface area (Å²) >= 11 is 0. The zero-order valence-corrected chi connectivity index (χ0v) is 12.4. The predicted molar refractivity (Wildman–Crippen MR) is 78.8 cm³/mol. The number of hydrogen-bond acceptors (Lipinski definition) is 4. The molecular weight excluding hydrogens is 266 g/mol. The van der Waals surface area contributed by atoms with E-state index in [1.54, 1.807) is 0 Å². The topological polar surface area (TPSA) is 65.1 Å². The van der Waals surface area contributed by atoms with Crippen LogP contribution in [0.5, 0.6) is 0 Å². The van der Waals surface area contributed by atoms with Crippen molar-refractivity contribution in [1.82, 2.24) is 20.1 Å². The molecule has 2 heterocycles. The Bertz CT molecular complexity index is 500. The van der Waals surface area contributed by atoms with Crippen molar-refractivity contribution in [3.63, 3.8) is 0 Å². The van der Waals surface area contributed by atoms with Gasteiger partial charge in [0.25, 0.3) is 0 Å². The molecule has 1 spiro atoms. The van der Waals surface area contributed by atoms with Crippen molar-refractivity contribution in [2.75, 3.05) is 31.1 Å². The van der Waals surface area contributed by atoms with Crippen molar-refractivity contribution in [2.24, 2.45) is 11.3 Å². The molecule has 1 aliphatic heterocycles. The van der Waals surface area contributed by atoms with E-state index in [2.05, 4.69) is 25.0 Å². The van der Waals surface area contributed by atoms with E-state index >= 15 is 0 Å². The maximum absolute atomic E-state index is 12.7. The molecule has 6 nitrogen and oxygen atoms in total. The summed E-state index contributed by atoms with van der Waals surface area (Å²) in [6.45, 7) is 3.32. The van der Waals surface area contributed by atoms with E-state index in [9.17, 15) is 4.79 Å². The van der Waals surface area contributed by atoms with Crippen molar-refractivity contribution in [3.05, 3.63) is 6.33 Å². The number of aromatic amines is 1. The number of amides is 1. The Balaban J connectivity index is 1.33. The molecule has 6 heteroatoms. The van der Waals surface area contributed by atoms with Gasteiger partial charge in [-0.05, 0) is 24.7 Å². The molecule has 1 aromatic rings. The van der Waals surface area contributed by atoms with Gasteiger partial charge in [-0.15, -0.1) is 0 Å². The van der Waals surface area contributed by atoms with Gasteiger partial charge in [0.1, 0.15) is 6.33 Å². The van der Waals surface area contributed by atoms with E-state index in [0.29, 0.717) is 17.2 Å². The average Bonchev–Trinajstić information content (AvgIpc) is 2.99. The molecule has 4 rings (SSSR count). The van der Waals surface area contributed by atoms with Crippen LogP contribution in [0.1, 0.15) is 38.5 Å². The van der Waals surface area contributed by atoms with Gasteiger partial charge in [0.15, 0.2) is 0 Å². The largest absolute Gasteiger partial charge is 0.339 e. The first-order valence-corrected chi connectivity index (χ1v) is 8.18. The van der Waals surface area contributed by atoms with Crippen molar-refractivity contribution in [3.8, 4) is 0 Å². The molecule has 3 fully saturated rings. The van der Waals surface area contributed by atoms with Gasteiger partial charge in [-0.3, -0.25) is 4.79 Å². The molecule has 0 aromatic carbocycles. The summed E-state index contributed by atoms with van der Waals surface area (Å²) in [6, 6.07) is 0. The first-order chi connectivity index (χ1) is 10.3. The zero-order chi connectivity index (χ0) is 14.3. The molecule has 1 atom stereocenters. The maximum atomic E-state index is 12.7. The Kier molecular flexibility index (Phi) is 3.12. The minimum absolute atomic E-state index is 0.328. The molecule has 1 aromatic heterocycles. The Labute approximate surface area is 124 Å². The summed E-state index contributed by atoms with van der Waals surface area (Å²) in [7, 11) is 0. The summed E-state index contributed by atoms with van der Waals surface area (Å²) in [5.41, 5.74) is 0.400. The minimum atomic E-state index is 0.328. The number of nitrogens with one attached hydrogen (secondary N) is 1. The lowest BCUT2D eigenvalue weighted by Gasteiger charge is -2.35. The summed E-state index contributed by atoms with van der Waals surface area (Å²) in [6.07, 6.45) is 9.24. The van der Waals surface area contributed by atoms with Crippen LogP contribution in [0.15, 0.2) is 6.33 Å². The van der Waals surface area contributed by atoms with Gasteiger partial charge in [0, 0.05) is 32.1 Å². The van der Waals surface area contributed by atoms with Crippen LogP contribution in [0, 0.1) is 11.3 Å². The monoisotopic (exact) mass is 289 g/mol. The van der Waals surface area contributed by atoms with Crippen LogP contribution in [0.4, 0.5) is 5.95 Å². The Morgan fingerprint density at radius 2 is 1.95 bits per heavy atom. The number of aromatic nitrogens is 3. The highest BCUT2D eigenvalue weighted by Crippen LogP contribution is 2.61. The third kappa shape index (κ3) is 2.30. The number of anilines is 1. The molecule has 114 valence electrons. The van der Waals surface area contributed by atoms with E-state index in [1.165, 1.54) is 38.4 Å². The van der Waals surface area contributed by atoms with Gasteiger partial charge < -0.3 is 9.80 Å². The molecule has 3 aliphatic rings. The first kappa shape index (κ1) is 13.1. The molecule has 2 aliphatic carbocycles. The molecule has 0 unspecified atom stereocenters. The summed E-state index contributed by atoms with van der Waals surface area (Å²) in [5.74, 6) is 1.56. The number of carbonyl (C=O) groups excluding carboxylic acids is 1. The quantitative estimate of drug-likeness (QED) is 0.894. The number of piperazine rings is 1. The number of nitrogens with zero attached hydrogens (tertiary/aromatic N) is 4. The van der Waals surface area contributed by atoms with Gasteiger partial charge in [-0.2, -0.15) is 10.1 Å². The second-order valence-electron chi connectivity index (χ2n) is 6.80. The second-order valence-corrected chi connectivity index (χ2v) is 6.80. The van der Waals surface area contributed by atoms with Crippen molar-refractivity contribution < 1.29 is 4.79 Å². The summed E-state index contributed by atoms with van der Waals surface area (Å²) in [5, 5.41) is 6.78. The van der Waals surface area contributed by atoms with Crippen LogP contribution < -0.4 is 4.90 Å². The highest BCUT2D eigenvalue weighted by Gasteiger charge is 2.58. The molecule has 1 amide bonds. The highest BCUT2D eigenvalue weighted by atomic mass is 16.2. The number of carbonyl (C=O) groups is 1. The Morgan fingerprint density at radius 1 is 1.19 bits per heavy atom. The van der Waals surface area contributed by atoms with Crippen LogP contribution in [-0.2, 0) is 4.79 Å². The highest BCUT2D eigenvalue weighted by molar-refractivity contribution is 5.83. The Morgan fingerprint density at radius 3 is 2.62 bits per heavy atom. The number of rotatable bonds is 2. The van der Waals surface area contributed by atoms with Gasteiger partial charge in [0.2, 0.25) is 11.9 Å². The number of H-pyrrole nitrogens is 1. The standard InChI is InChI=1S/C15H23N5O/c21-13(12-10-15(12)4-2-1-3-5-15)19-6-8-20(9-7-19)14-16-11-17-18-14/h11-12H,1-10H2,(H,16,17,18)/t12-/m0/s1. The van der Waals surface area contributed by atoms with E-state index in [0.717, 1.165) is 38.5 Å². The molecule has 21 heavy (non-hydrogen) atoms. The molecular formula is C15H23N5O. The average molecular weight is 289 g/mol. The van der Waals surface area contributed by atoms with Crippen LogP contribution in [0.2, 0.25) is 0 Å². The fourth-order valence-corrected chi connectivity index (χ4v) is 4.22. The van der Waals surface area contributed by atoms with Crippen molar-refractivity contribution in [2.45, 2.75) is 38.5 Å². The van der Waals surface area contributed by atoms with Crippen LogP contribution in [0.25, 0.3) is 0 Å². The van der Waals surface area contributed by atoms with Crippen molar-refractivity contribution in [1.29, 1.82) is 0 Å². The SMILES string of the molecule is O=C([C@@H]1CC12CCCCC2)N1CCN(c2ncn[nH]2)CC1. The van der Waals surface area contributed by atoms with Crippen LogP contribution in [-0.4, -0.2) is 52.2 Å². The van der Waals surface area contributed by atoms with E-state index in [-0.39, 0.29) is 0 Å². The van der Waals surface area contributed by atoms with E-state index in [4.69, 9.17) is 0 Å². The fraction of sp³-hybridized carbons (Fsp3) is 0.800. The lowest BCUT2D eigenvalue weighted by atomic mass is 9.84. The molecule has 0 radical (unpaired) electrons. The van der Waals surface area contributed by atoms with Gasteiger partial charge in [-0.1, -0.05) is 19.3 Å². The summed E-state index contributed by atoms with van der Waals surface area (Å²) < 4.78 is 0. The summed E-state index contributed by atoms with van der Waals surface area (Å²) in [4.78, 5) is 21.1. The van der Waals surface area contributed by atoms with Crippen LogP contribution >= 0.6 is 0 Å². The maximum Gasteiger partial charge on any atom is 0.226 e. The molecule has 2 saturated carbocycles. The van der Waals surface area contributed by atoms with E-state index in [1.807, 2.05) is 0 Å². The Hall–Kier alpha value is -1.59. The lowest BCUT2D eigenvalue weighted by Crippen LogP contribution is -2.50. The third-order valence-corrected chi connectivity index (χ3v) is 5.63. The normalized spacial score (nSPS) is 27.9. The lowest BCUT2D eigenvalue weighted by molar-refractivity contribution is -0.134. The smallest absolute Gasteiger partial charge is 0.226 e. The predicted octanol–water partition coefficient (Wildman–Crippen LogP) is 1.42. The molecule has 1 saturated heterocycles. The first-order valence-electron chi connectivity index (χ1n) is 8.18. The van der Waals surface area contributed by atoms with Gasteiger partial charge in [0.05, 0.1) is 0 Å². The van der Waals surface area contributed by atoms with Gasteiger partial charge >= 0.3 is 0 Å². The molecule has 1 N–H and O–H groups in total. The van der Waals surface area contributed by atoms with Gasteiger partial charge in [-0.25, -0.2) is 5.10 Å². The fourth-order valence-electron chi connectivity index (χ4n) is 4.22. The number of hydrogen-bond donors (Lipinski definition) is 1. The van der Waals surface area contributed by atoms with E-state index < -0.39 is 0 Å². The third-order valence-electron chi connectivity index (χ3n) is 5.63. The van der Waals surface area contributed by atoms with Crippen LogP contribution in [0.3, 0.4) is 0 Å².